The summed E-state index contributed by atoms with van der Waals surface area (Å²) in [6.45, 7) is 4.41. The van der Waals surface area contributed by atoms with Gasteiger partial charge in [-0.15, -0.1) is 11.3 Å². The lowest BCUT2D eigenvalue weighted by atomic mass is 10.0. The van der Waals surface area contributed by atoms with Gasteiger partial charge in [-0.25, -0.2) is 9.97 Å². The molecule has 0 bridgehead atoms. The molecule has 3 heterocycles. The minimum absolute atomic E-state index is 0.0430. The van der Waals surface area contributed by atoms with Crippen molar-refractivity contribution in [3.8, 4) is 16.6 Å². The number of rotatable bonds is 5. The van der Waals surface area contributed by atoms with Crippen molar-refractivity contribution in [2.45, 2.75) is 26.9 Å². The Kier molecular flexibility index (Phi) is 4.85. The van der Waals surface area contributed by atoms with Crippen LogP contribution in [-0.4, -0.2) is 24.6 Å². The zero-order valence-electron chi connectivity index (χ0n) is 16.7. The monoisotopic (exact) mass is 436 g/mol. The van der Waals surface area contributed by atoms with Gasteiger partial charge >= 0.3 is 0 Å². The Labute approximate surface area is 183 Å². The first-order valence-electron chi connectivity index (χ1n) is 9.87. The number of halogens is 1. The molecule has 30 heavy (non-hydrogen) atoms. The van der Waals surface area contributed by atoms with Crippen molar-refractivity contribution in [2.75, 3.05) is 0 Å². The summed E-state index contributed by atoms with van der Waals surface area (Å²) in [6, 6.07) is 11.8. The van der Waals surface area contributed by atoms with Gasteiger partial charge in [-0.3, -0.25) is 4.57 Å². The van der Waals surface area contributed by atoms with Crippen LogP contribution in [0.4, 0.5) is 0 Å². The largest absolute Gasteiger partial charge is 0.392 e. The lowest BCUT2D eigenvalue weighted by Crippen LogP contribution is -1.93. The number of aliphatic hydroxyl groups excluding tert-OH is 1. The molecule has 5 aromatic rings. The van der Waals surface area contributed by atoms with Crippen LogP contribution in [0.15, 0.2) is 48.0 Å². The van der Waals surface area contributed by atoms with E-state index in [1.54, 1.807) is 11.3 Å². The van der Waals surface area contributed by atoms with Crippen molar-refractivity contribution < 1.29 is 5.11 Å². The van der Waals surface area contributed by atoms with Crippen LogP contribution < -0.4 is 0 Å². The topological polar surface area (TPSA) is 66.7 Å². The third-order valence-electron chi connectivity index (χ3n) is 5.19. The number of hydrogen-bond donors (Lipinski definition) is 2. The fourth-order valence-electron chi connectivity index (χ4n) is 3.86. The summed E-state index contributed by atoms with van der Waals surface area (Å²) in [5.74, 6) is 1.26. The van der Waals surface area contributed by atoms with E-state index >= 15 is 0 Å². The number of aromatic nitrogens is 4. The second-order valence-corrected chi connectivity index (χ2v) is 9.13. The Balaban J connectivity index is 1.61. The van der Waals surface area contributed by atoms with Crippen molar-refractivity contribution in [1.82, 2.24) is 19.5 Å². The van der Waals surface area contributed by atoms with E-state index in [1.807, 2.05) is 35.7 Å². The molecule has 0 unspecified atom stereocenters. The number of nitrogens with zero attached hydrogens (tertiary/aromatic N) is 3. The predicted molar refractivity (Wildman–Crippen MR) is 124 cm³/mol. The molecule has 0 saturated heterocycles. The number of fused-ring (bicyclic) bond motifs is 2. The summed E-state index contributed by atoms with van der Waals surface area (Å²) >= 11 is 7.87. The van der Waals surface area contributed by atoms with Crippen LogP contribution in [0, 0.1) is 5.92 Å². The van der Waals surface area contributed by atoms with Gasteiger partial charge in [-0.2, -0.15) is 0 Å². The molecular formula is C23H21ClN4OS. The molecule has 2 aromatic carbocycles. The van der Waals surface area contributed by atoms with E-state index in [2.05, 4.69) is 40.6 Å². The van der Waals surface area contributed by atoms with Crippen LogP contribution in [0.1, 0.15) is 25.0 Å². The number of aliphatic hydroxyl groups is 1. The number of imidazole rings is 1. The maximum atomic E-state index is 9.57. The van der Waals surface area contributed by atoms with E-state index in [-0.39, 0.29) is 6.61 Å². The van der Waals surface area contributed by atoms with E-state index in [0.29, 0.717) is 16.8 Å². The maximum Gasteiger partial charge on any atom is 0.194 e. The second-order valence-electron chi connectivity index (χ2n) is 7.86. The average Bonchev–Trinajstić information content (AvgIpc) is 3.43. The predicted octanol–water partition coefficient (Wildman–Crippen LogP) is 5.97. The van der Waals surface area contributed by atoms with E-state index in [1.165, 1.54) is 10.9 Å². The number of benzene rings is 2. The van der Waals surface area contributed by atoms with Gasteiger partial charge in [0.05, 0.1) is 23.2 Å². The van der Waals surface area contributed by atoms with Gasteiger partial charge in [0.2, 0.25) is 0 Å². The molecule has 0 atom stereocenters. The molecule has 152 valence electrons. The Bertz CT molecular complexity index is 1360. The third kappa shape index (κ3) is 3.31. The number of aromatic amines is 1. The zero-order valence-corrected chi connectivity index (χ0v) is 18.3. The lowest BCUT2D eigenvalue weighted by molar-refractivity contribution is 0.283. The van der Waals surface area contributed by atoms with Crippen molar-refractivity contribution in [3.63, 3.8) is 0 Å². The Hall–Kier alpha value is -2.67. The number of hydrogen-bond acceptors (Lipinski definition) is 4. The Morgan fingerprint density at radius 3 is 2.83 bits per heavy atom. The van der Waals surface area contributed by atoms with E-state index in [9.17, 15) is 5.11 Å². The van der Waals surface area contributed by atoms with Gasteiger partial charge in [0.15, 0.2) is 11.0 Å². The molecule has 0 aliphatic heterocycles. The van der Waals surface area contributed by atoms with Crippen molar-refractivity contribution in [3.05, 3.63) is 64.1 Å². The number of nitrogens with one attached hydrogen (secondary N) is 1. The van der Waals surface area contributed by atoms with Gasteiger partial charge in [0.1, 0.15) is 5.69 Å². The highest BCUT2D eigenvalue weighted by molar-refractivity contribution is 7.12. The van der Waals surface area contributed by atoms with E-state index < -0.39 is 0 Å². The SMILES string of the molecule is CC(C)Cc1cn(-c2nc(-c3nc4c(CO)cccc4[nH]3)cs2)c2cc(Cl)ccc12. The molecule has 7 heteroatoms. The minimum Gasteiger partial charge on any atom is -0.392 e. The third-order valence-corrected chi connectivity index (χ3v) is 6.26. The second kappa shape index (κ2) is 7.54. The highest BCUT2D eigenvalue weighted by Gasteiger charge is 2.16. The lowest BCUT2D eigenvalue weighted by Gasteiger charge is -2.02. The molecule has 0 spiro atoms. The summed E-state index contributed by atoms with van der Waals surface area (Å²) in [5.41, 5.74) is 5.61. The molecular weight excluding hydrogens is 416 g/mol. The number of para-hydroxylation sites is 1. The molecule has 5 rings (SSSR count). The van der Waals surface area contributed by atoms with Crippen LogP contribution in [0.5, 0.6) is 0 Å². The zero-order chi connectivity index (χ0) is 20.8. The summed E-state index contributed by atoms with van der Waals surface area (Å²) in [5, 5.41) is 14.4. The van der Waals surface area contributed by atoms with Crippen LogP contribution in [0.3, 0.4) is 0 Å². The normalized spacial score (nSPS) is 11.9. The first-order valence-corrected chi connectivity index (χ1v) is 11.1. The van der Waals surface area contributed by atoms with Crippen LogP contribution in [0.2, 0.25) is 5.02 Å². The fourth-order valence-corrected chi connectivity index (χ4v) is 4.82. The fraction of sp³-hybridized carbons (Fsp3) is 0.217. The summed E-state index contributed by atoms with van der Waals surface area (Å²) in [7, 11) is 0. The molecule has 0 aliphatic rings. The molecule has 0 amide bonds. The van der Waals surface area contributed by atoms with Gasteiger partial charge in [0.25, 0.3) is 0 Å². The first kappa shape index (κ1) is 19.3. The average molecular weight is 437 g/mol. The molecule has 0 aliphatic carbocycles. The van der Waals surface area contributed by atoms with Crippen molar-refractivity contribution in [2.24, 2.45) is 5.92 Å². The van der Waals surface area contributed by atoms with Crippen LogP contribution in [-0.2, 0) is 13.0 Å². The summed E-state index contributed by atoms with van der Waals surface area (Å²) in [4.78, 5) is 12.9. The van der Waals surface area contributed by atoms with E-state index in [0.717, 1.165) is 39.4 Å². The smallest absolute Gasteiger partial charge is 0.194 e. The van der Waals surface area contributed by atoms with E-state index in [4.69, 9.17) is 16.6 Å². The van der Waals surface area contributed by atoms with Gasteiger partial charge < -0.3 is 10.1 Å². The van der Waals surface area contributed by atoms with Crippen LogP contribution >= 0.6 is 22.9 Å². The highest BCUT2D eigenvalue weighted by atomic mass is 35.5. The summed E-state index contributed by atoms with van der Waals surface area (Å²) in [6.07, 6.45) is 3.17. The number of thiazole rings is 1. The first-order chi connectivity index (χ1) is 14.5. The molecule has 0 radical (unpaired) electrons. The van der Waals surface area contributed by atoms with Crippen molar-refractivity contribution >= 4 is 44.9 Å². The van der Waals surface area contributed by atoms with Gasteiger partial charge in [-0.05, 0) is 36.1 Å². The molecule has 3 aromatic heterocycles. The Morgan fingerprint density at radius 1 is 1.17 bits per heavy atom. The number of H-pyrrole nitrogens is 1. The van der Waals surface area contributed by atoms with Crippen LogP contribution in [0.25, 0.3) is 38.6 Å². The quantitative estimate of drug-likeness (QED) is 0.356. The van der Waals surface area contributed by atoms with Crippen molar-refractivity contribution in [1.29, 1.82) is 0 Å². The standard InChI is InChI=1S/C23H21ClN4OS/c1-13(2)8-15-10-28(20-9-16(24)6-7-17(15)20)23-26-19(12-30-23)22-25-18-5-3-4-14(11-29)21(18)27-22/h3-7,9-10,12-13,29H,8,11H2,1-2H3,(H,25,27). The highest BCUT2D eigenvalue weighted by Crippen LogP contribution is 2.32. The molecule has 2 N–H and O–H groups in total. The molecule has 0 fully saturated rings. The van der Waals surface area contributed by atoms with Gasteiger partial charge in [-0.1, -0.05) is 43.6 Å². The Morgan fingerprint density at radius 2 is 2.03 bits per heavy atom. The molecule has 5 nitrogen and oxygen atoms in total. The molecule has 0 saturated carbocycles. The minimum atomic E-state index is -0.0430. The van der Waals surface area contributed by atoms with Gasteiger partial charge in [0, 0.05) is 27.5 Å². The maximum absolute atomic E-state index is 9.57. The summed E-state index contributed by atoms with van der Waals surface area (Å²) < 4.78 is 2.12.